The number of hydrogen-bond donors (Lipinski definition) is 2. The summed E-state index contributed by atoms with van der Waals surface area (Å²) in [5.41, 5.74) is 0. The Hall–Kier alpha value is -0.460. The molecule has 6 heteroatoms. The molecule has 0 aromatic carbocycles. The number of fused-ring (bicyclic) bond motifs is 2. The molecule has 0 spiro atoms. The van der Waals surface area contributed by atoms with Crippen LogP contribution in [0.1, 0.15) is 6.42 Å². The van der Waals surface area contributed by atoms with E-state index in [-0.39, 0.29) is 35.4 Å². The van der Waals surface area contributed by atoms with E-state index in [4.69, 9.17) is 0 Å². The average Bonchev–Trinajstić information content (AvgIpc) is 2.98. The summed E-state index contributed by atoms with van der Waals surface area (Å²) in [6, 6.07) is 0. The van der Waals surface area contributed by atoms with Crippen LogP contribution in [0.15, 0.2) is 12.2 Å². The maximum Gasteiger partial charge on any atom is 0.224 e. The van der Waals surface area contributed by atoms with Crippen LogP contribution in [-0.4, -0.2) is 49.5 Å². The number of allylic oxidation sites excluding steroid dienone is 2. The van der Waals surface area contributed by atoms with E-state index in [9.17, 15) is 9.59 Å². The first-order chi connectivity index (χ1) is 9.54. The van der Waals surface area contributed by atoms with Gasteiger partial charge in [-0.05, 0) is 32.4 Å². The zero-order valence-corrected chi connectivity index (χ0v) is 13.6. The number of nitrogens with one attached hydrogen (secondary N) is 1. The third-order valence-electron chi connectivity index (χ3n) is 4.20. The van der Waals surface area contributed by atoms with Gasteiger partial charge in [0.2, 0.25) is 5.91 Å². The van der Waals surface area contributed by atoms with Crippen LogP contribution in [0.2, 0.25) is 0 Å². The fourth-order valence-electron chi connectivity index (χ4n) is 3.30. The van der Waals surface area contributed by atoms with Gasteiger partial charge in [0.1, 0.15) is 5.78 Å². The van der Waals surface area contributed by atoms with E-state index >= 15 is 0 Å². The molecule has 20 heavy (non-hydrogen) atoms. The van der Waals surface area contributed by atoms with Crippen LogP contribution in [0.4, 0.5) is 0 Å². The molecule has 0 saturated heterocycles. The summed E-state index contributed by atoms with van der Waals surface area (Å²) in [5, 5.41) is 2.98. The van der Waals surface area contributed by atoms with Crippen molar-refractivity contribution in [3.8, 4) is 0 Å². The number of carbonyl (C=O) groups is 2. The standard InChI is InChI=1S/C14H22N2O2S2/c1-16(2)6-5-15-14(18)13-10-4-3-9(7-10)12(13)11(17)8-20-19/h3-4,9-10,12-13,19H,5-8H2,1-2H3,(H,15,18). The van der Waals surface area contributed by atoms with E-state index in [0.29, 0.717) is 12.3 Å². The number of likely N-dealkylation sites (N-methyl/N-ethyl adjacent to an activating group) is 1. The monoisotopic (exact) mass is 314 g/mol. The number of ketones is 1. The van der Waals surface area contributed by atoms with Crippen molar-refractivity contribution >= 4 is 34.1 Å². The largest absolute Gasteiger partial charge is 0.355 e. The summed E-state index contributed by atoms with van der Waals surface area (Å²) in [5.74, 6) is 0.729. The molecule has 1 saturated carbocycles. The smallest absolute Gasteiger partial charge is 0.224 e. The van der Waals surface area contributed by atoms with Crippen LogP contribution in [0.25, 0.3) is 0 Å². The molecule has 1 fully saturated rings. The van der Waals surface area contributed by atoms with Crippen molar-refractivity contribution in [1.82, 2.24) is 10.2 Å². The molecule has 4 unspecified atom stereocenters. The third kappa shape index (κ3) is 3.40. The average molecular weight is 314 g/mol. The molecule has 0 heterocycles. The third-order valence-corrected chi connectivity index (χ3v) is 5.00. The van der Waals surface area contributed by atoms with Crippen molar-refractivity contribution in [3.05, 3.63) is 12.2 Å². The zero-order valence-electron chi connectivity index (χ0n) is 11.9. The summed E-state index contributed by atoms with van der Waals surface area (Å²) in [7, 11) is 5.19. The molecule has 2 rings (SSSR count). The van der Waals surface area contributed by atoms with Crippen molar-refractivity contribution in [1.29, 1.82) is 0 Å². The van der Waals surface area contributed by atoms with Gasteiger partial charge in [-0.3, -0.25) is 9.59 Å². The zero-order chi connectivity index (χ0) is 14.7. The second kappa shape index (κ2) is 7.00. The van der Waals surface area contributed by atoms with Crippen molar-refractivity contribution in [2.24, 2.45) is 23.7 Å². The fraction of sp³-hybridized carbons (Fsp3) is 0.714. The Bertz CT molecular complexity index is 412. The Labute approximate surface area is 129 Å². The van der Waals surface area contributed by atoms with Gasteiger partial charge in [-0.1, -0.05) is 22.9 Å². The van der Waals surface area contributed by atoms with Crippen LogP contribution >= 0.6 is 22.5 Å². The second-order valence-corrected chi connectivity index (χ2v) is 7.16. The molecular formula is C14H22N2O2S2. The van der Waals surface area contributed by atoms with Gasteiger partial charge in [-0.25, -0.2) is 0 Å². The molecule has 2 aliphatic carbocycles. The first-order valence-electron chi connectivity index (χ1n) is 6.94. The molecule has 0 aliphatic heterocycles. The van der Waals surface area contributed by atoms with Crippen LogP contribution in [-0.2, 0) is 9.59 Å². The van der Waals surface area contributed by atoms with Gasteiger partial charge >= 0.3 is 0 Å². The van der Waals surface area contributed by atoms with Crippen molar-refractivity contribution in [2.45, 2.75) is 6.42 Å². The van der Waals surface area contributed by atoms with Gasteiger partial charge in [0, 0.05) is 19.0 Å². The number of hydrogen-bond acceptors (Lipinski definition) is 5. The van der Waals surface area contributed by atoms with E-state index in [1.165, 1.54) is 10.8 Å². The molecule has 4 nitrogen and oxygen atoms in total. The first kappa shape index (κ1) is 15.9. The normalized spacial score (nSPS) is 31.0. The summed E-state index contributed by atoms with van der Waals surface area (Å²) in [6.45, 7) is 1.44. The predicted molar refractivity (Wildman–Crippen MR) is 85.7 cm³/mol. The second-order valence-electron chi connectivity index (χ2n) is 5.83. The highest BCUT2D eigenvalue weighted by atomic mass is 33.1. The Morgan fingerprint density at radius 2 is 1.95 bits per heavy atom. The summed E-state index contributed by atoms with van der Waals surface area (Å²) >= 11 is 4.05. The Balaban J connectivity index is 1.99. The quantitative estimate of drug-likeness (QED) is 0.422. The number of amides is 1. The maximum absolute atomic E-state index is 12.4. The van der Waals surface area contributed by atoms with Crippen LogP contribution < -0.4 is 5.32 Å². The number of rotatable bonds is 7. The SMILES string of the molecule is CN(C)CCNC(=O)C1C2C=CC(C2)C1C(=O)CSS. The summed E-state index contributed by atoms with van der Waals surface area (Å²) in [4.78, 5) is 26.7. The van der Waals surface area contributed by atoms with Gasteiger partial charge in [0.05, 0.1) is 11.7 Å². The van der Waals surface area contributed by atoms with Crippen LogP contribution in [0, 0.1) is 23.7 Å². The summed E-state index contributed by atoms with van der Waals surface area (Å²) in [6.07, 6.45) is 5.16. The highest BCUT2D eigenvalue weighted by molar-refractivity contribution is 8.68. The van der Waals surface area contributed by atoms with Gasteiger partial charge in [0.25, 0.3) is 0 Å². The Morgan fingerprint density at radius 3 is 2.55 bits per heavy atom. The minimum atomic E-state index is -0.180. The molecule has 4 atom stereocenters. The van der Waals surface area contributed by atoms with Gasteiger partial charge in [0.15, 0.2) is 0 Å². The highest BCUT2D eigenvalue weighted by Crippen LogP contribution is 2.48. The maximum atomic E-state index is 12.4. The lowest BCUT2D eigenvalue weighted by molar-refractivity contribution is -0.133. The molecule has 0 aromatic heterocycles. The van der Waals surface area contributed by atoms with Gasteiger partial charge in [-0.15, -0.1) is 11.7 Å². The van der Waals surface area contributed by atoms with Crippen molar-refractivity contribution in [3.63, 3.8) is 0 Å². The minimum Gasteiger partial charge on any atom is -0.355 e. The molecule has 2 bridgehead atoms. The lowest BCUT2D eigenvalue weighted by atomic mass is 9.80. The van der Waals surface area contributed by atoms with E-state index in [0.717, 1.165) is 13.0 Å². The number of nitrogens with zero attached hydrogens (tertiary/aromatic N) is 1. The van der Waals surface area contributed by atoms with Crippen LogP contribution in [0.5, 0.6) is 0 Å². The van der Waals surface area contributed by atoms with Crippen LogP contribution in [0.3, 0.4) is 0 Å². The van der Waals surface area contributed by atoms with Crippen molar-refractivity contribution < 1.29 is 9.59 Å². The van der Waals surface area contributed by atoms with Crippen molar-refractivity contribution in [2.75, 3.05) is 32.9 Å². The topological polar surface area (TPSA) is 49.4 Å². The molecular weight excluding hydrogens is 292 g/mol. The minimum absolute atomic E-state index is 0.0335. The highest BCUT2D eigenvalue weighted by Gasteiger charge is 2.50. The Morgan fingerprint density at radius 1 is 1.30 bits per heavy atom. The molecule has 2 aliphatic rings. The van der Waals surface area contributed by atoms with E-state index in [1.807, 2.05) is 19.0 Å². The number of thiol groups is 1. The predicted octanol–water partition coefficient (Wildman–Crippen LogP) is 1.25. The molecule has 0 aromatic rings. The van der Waals surface area contributed by atoms with E-state index in [1.54, 1.807) is 0 Å². The molecule has 0 radical (unpaired) electrons. The number of Topliss-reactive ketones (excluding diaryl/α,β-unsaturated/α-hetero) is 1. The first-order valence-corrected chi connectivity index (χ1v) is 8.98. The fourth-order valence-corrected chi connectivity index (χ4v) is 4.00. The number of carbonyl (C=O) groups excluding carboxylic acids is 2. The van der Waals surface area contributed by atoms with E-state index < -0.39 is 0 Å². The van der Waals surface area contributed by atoms with Gasteiger partial charge in [-0.2, -0.15) is 0 Å². The van der Waals surface area contributed by atoms with Gasteiger partial charge < -0.3 is 10.2 Å². The molecule has 1 N–H and O–H groups in total. The molecule has 1 amide bonds. The Kier molecular flexibility index (Phi) is 5.57. The molecule has 112 valence electrons. The summed E-state index contributed by atoms with van der Waals surface area (Å²) < 4.78 is 0. The lowest BCUT2D eigenvalue weighted by Gasteiger charge is -2.26. The van der Waals surface area contributed by atoms with E-state index in [2.05, 4.69) is 29.1 Å². The lowest BCUT2D eigenvalue weighted by Crippen LogP contribution is -2.42.